The van der Waals surface area contributed by atoms with Crippen LogP contribution in [0.5, 0.6) is 0 Å². The van der Waals surface area contributed by atoms with Gasteiger partial charge >= 0.3 is 0 Å². The molecule has 1 spiro atoms. The number of piperidine rings is 1. The third-order valence-electron chi connectivity index (χ3n) is 5.28. The topological polar surface area (TPSA) is 32.3 Å². The predicted molar refractivity (Wildman–Crippen MR) is 78.2 cm³/mol. The minimum absolute atomic E-state index is 0.110. The molecule has 2 heterocycles. The number of carbonyl (C=O) groups is 1. The molecule has 3 nitrogen and oxygen atoms in total. The largest absolute Gasteiger partial charge is 0.334 e. The van der Waals surface area contributed by atoms with Crippen molar-refractivity contribution in [2.45, 2.75) is 31.7 Å². The molecular weight excluding hydrogens is 248 g/mol. The third kappa shape index (κ3) is 1.80. The Morgan fingerprint density at radius 3 is 2.50 bits per heavy atom. The standard InChI is InChI=1S/C17H22N2O/c20-16-17(8-10-18-11-9-17)15(14-4-2-1-3-5-14)19(16)12-13-6-7-13/h1-5,13,15,18H,6-12H2/t15-/m0/s1. The molecule has 1 atom stereocenters. The van der Waals surface area contributed by atoms with Gasteiger partial charge in [0.25, 0.3) is 0 Å². The van der Waals surface area contributed by atoms with Gasteiger partial charge in [-0.2, -0.15) is 0 Å². The van der Waals surface area contributed by atoms with Crippen LogP contribution in [0.25, 0.3) is 0 Å². The minimum Gasteiger partial charge on any atom is -0.334 e. The van der Waals surface area contributed by atoms with E-state index in [2.05, 4.69) is 40.5 Å². The number of benzene rings is 1. The second-order valence-corrected chi connectivity index (χ2v) is 6.62. The Morgan fingerprint density at radius 2 is 1.85 bits per heavy atom. The number of nitrogens with one attached hydrogen (secondary N) is 1. The zero-order chi connectivity index (χ0) is 13.6. The van der Waals surface area contributed by atoms with Crippen molar-refractivity contribution in [1.29, 1.82) is 0 Å². The highest BCUT2D eigenvalue weighted by molar-refractivity contribution is 5.91. The fraction of sp³-hybridized carbons (Fsp3) is 0.588. The summed E-state index contributed by atoms with van der Waals surface area (Å²) >= 11 is 0. The summed E-state index contributed by atoms with van der Waals surface area (Å²) in [4.78, 5) is 14.9. The van der Waals surface area contributed by atoms with Gasteiger partial charge in [0.05, 0.1) is 11.5 Å². The van der Waals surface area contributed by atoms with Crippen molar-refractivity contribution in [3.05, 3.63) is 35.9 Å². The van der Waals surface area contributed by atoms with E-state index in [1.165, 1.54) is 18.4 Å². The summed E-state index contributed by atoms with van der Waals surface area (Å²) in [5.41, 5.74) is 1.22. The first kappa shape index (κ1) is 12.4. The highest BCUT2D eigenvalue weighted by Gasteiger charge is 2.61. The highest BCUT2D eigenvalue weighted by atomic mass is 16.2. The molecule has 4 rings (SSSR count). The van der Waals surface area contributed by atoms with Crippen LogP contribution in [-0.2, 0) is 4.79 Å². The van der Waals surface area contributed by atoms with Gasteiger partial charge in [-0.05, 0) is 50.3 Å². The number of carbonyl (C=O) groups excluding carboxylic acids is 1. The maximum atomic E-state index is 12.8. The second-order valence-electron chi connectivity index (χ2n) is 6.62. The van der Waals surface area contributed by atoms with E-state index >= 15 is 0 Å². The van der Waals surface area contributed by atoms with Gasteiger partial charge in [0.2, 0.25) is 5.91 Å². The van der Waals surface area contributed by atoms with Crippen LogP contribution in [0, 0.1) is 11.3 Å². The van der Waals surface area contributed by atoms with E-state index in [1.54, 1.807) is 0 Å². The molecule has 106 valence electrons. The second kappa shape index (κ2) is 4.59. The van der Waals surface area contributed by atoms with Gasteiger partial charge < -0.3 is 10.2 Å². The maximum absolute atomic E-state index is 12.8. The Morgan fingerprint density at radius 1 is 1.15 bits per heavy atom. The van der Waals surface area contributed by atoms with Crippen LogP contribution < -0.4 is 5.32 Å². The average molecular weight is 270 g/mol. The quantitative estimate of drug-likeness (QED) is 0.855. The first-order valence-corrected chi connectivity index (χ1v) is 7.88. The number of hydrogen-bond acceptors (Lipinski definition) is 2. The van der Waals surface area contributed by atoms with Gasteiger partial charge in [-0.1, -0.05) is 30.3 Å². The number of rotatable bonds is 3. The van der Waals surface area contributed by atoms with Crippen molar-refractivity contribution < 1.29 is 4.79 Å². The minimum atomic E-state index is -0.110. The summed E-state index contributed by atoms with van der Waals surface area (Å²) in [6.45, 7) is 2.94. The molecule has 3 aliphatic rings. The number of amides is 1. The monoisotopic (exact) mass is 270 g/mol. The number of likely N-dealkylation sites (tertiary alicyclic amines) is 1. The van der Waals surface area contributed by atoms with E-state index < -0.39 is 0 Å². The van der Waals surface area contributed by atoms with Gasteiger partial charge in [-0.3, -0.25) is 4.79 Å². The SMILES string of the molecule is O=C1N(CC2CC2)[C@@H](c2ccccc2)C12CCNCC2. The van der Waals surface area contributed by atoms with Crippen LogP contribution in [-0.4, -0.2) is 30.4 Å². The van der Waals surface area contributed by atoms with E-state index in [-0.39, 0.29) is 5.41 Å². The van der Waals surface area contributed by atoms with Crippen LogP contribution in [0.4, 0.5) is 0 Å². The summed E-state index contributed by atoms with van der Waals surface area (Å²) in [6, 6.07) is 11.0. The van der Waals surface area contributed by atoms with Gasteiger partial charge in [0.1, 0.15) is 0 Å². The lowest BCUT2D eigenvalue weighted by Gasteiger charge is -2.58. The molecule has 0 unspecified atom stereocenters. The Bertz CT molecular complexity index is 503. The Hall–Kier alpha value is -1.35. The molecule has 1 amide bonds. The molecule has 0 aromatic heterocycles. The van der Waals surface area contributed by atoms with Crippen LogP contribution >= 0.6 is 0 Å². The summed E-state index contributed by atoms with van der Waals surface area (Å²) in [5, 5.41) is 3.40. The number of β-lactam (4-membered cyclic amide) rings is 1. The van der Waals surface area contributed by atoms with E-state index in [4.69, 9.17) is 0 Å². The molecule has 2 aliphatic heterocycles. The molecule has 1 aliphatic carbocycles. The Balaban J connectivity index is 1.66. The number of hydrogen-bond donors (Lipinski definition) is 1. The van der Waals surface area contributed by atoms with E-state index in [1.807, 2.05) is 0 Å². The molecule has 1 aromatic carbocycles. The molecule has 3 heteroatoms. The van der Waals surface area contributed by atoms with Crippen molar-refractivity contribution in [3.8, 4) is 0 Å². The molecule has 0 radical (unpaired) electrons. The van der Waals surface area contributed by atoms with Gasteiger partial charge in [-0.15, -0.1) is 0 Å². The fourth-order valence-electron chi connectivity index (χ4n) is 4.01. The van der Waals surface area contributed by atoms with Crippen molar-refractivity contribution in [3.63, 3.8) is 0 Å². The third-order valence-corrected chi connectivity index (χ3v) is 5.28. The Kier molecular flexibility index (Phi) is 2.84. The first-order valence-electron chi connectivity index (χ1n) is 7.88. The lowest BCUT2D eigenvalue weighted by Crippen LogP contribution is -2.66. The summed E-state index contributed by atoms with van der Waals surface area (Å²) < 4.78 is 0. The summed E-state index contributed by atoms with van der Waals surface area (Å²) in [7, 11) is 0. The van der Waals surface area contributed by atoms with Gasteiger partial charge in [0, 0.05) is 6.54 Å². The van der Waals surface area contributed by atoms with Gasteiger partial charge in [0.15, 0.2) is 0 Å². The van der Waals surface area contributed by atoms with Crippen molar-refractivity contribution in [2.24, 2.45) is 11.3 Å². The van der Waals surface area contributed by atoms with Crippen LogP contribution in [0.1, 0.15) is 37.3 Å². The average Bonchev–Trinajstić information content (AvgIpc) is 3.32. The molecule has 1 saturated carbocycles. The van der Waals surface area contributed by atoms with E-state index in [0.29, 0.717) is 11.9 Å². The van der Waals surface area contributed by atoms with Gasteiger partial charge in [-0.25, -0.2) is 0 Å². The van der Waals surface area contributed by atoms with Crippen molar-refractivity contribution in [2.75, 3.05) is 19.6 Å². The highest BCUT2D eigenvalue weighted by Crippen LogP contribution is 2.56. The molecule has 0 bridgehead atoms. The molecule has 2 saturated heterocycles. The van der Waals surface area contributed by atoms with Crippen LogP contribution in [0.3, 0.4) is 0 Å². The lowest BCUT2D eigenvalue weighted by atomic mass is 9.62. The molecule has 3 fully saturated rings. The van der Waals surface area contributed by atoms with Crippen LogP contribution in [0.2, 0.25) is 0 Å². The maximum Gasteiger partial charge on any atom is 0.231 e. The van der Waals surface area contributed by atoms with E-state index in [9.17, 15) is 4.79 Å². The molecular formula is C17H22N2O. The first-order chi connectivity index (χ1) is 9.81. The lowest BCUT2D eigenvalue weighted by molar-refractivity contribution is -0.178. The zero-order valence-electron chi connectivity index (χ0n) is 11.8. The molecule has 20 heavy (non-hydrogen) atoms. The number of nitrogens with zero attached hydrogens (tertiary/aromatic N) is 1. The summed E-state index contributed by atoms with van der Waals surface area (Å²) in [5.74, 6) is 1.18. The zero-order valence-corrected chi connectivity index (χ0v) is 11.8. The van der Waals surface area contributed by atoms with Crippen molar-refractivity contribution >= 4 is 5.91 Å². The predicted octanol–water partition coefficient (Wildman–Crippen LogP) is 2.35. The van der Waals surface area contributed by atoms with E-state index in [0.717, 1.165) is 38.4 Å². The van der Waals surface area contributed by atoms with Crippen molar-refractivity contribution in [1.82, 2.24) is 10.2 Å². The summed E-state index contributed by atoms with van der Waals surface area (Å²) in [6.07, 6.45) is 4.60. The smallest absolute Gasteiger partial charge is 0.231 e. The fourth-order valence-corrected chi connectivity index (χ4v) is 4.01. The molecule has 1 aromatic rings. The normalized spacial score (nSPS) is 28.5. The van der Waals surface area contributed by atoms with Crippen LogP contribution in [0.15, 0.2) is 30.3 Å². The Labute approximate surface area is 120 Å². The molecule has 1 N–H and O–H groups in total.